The highest BCUT2D eigenvalue weighted by Crippen LogP contribution is 2.31. The Morgan fingerprint density at radius 1 is 1.16 bits per heavy atom. The number of methoxy groups -OCH3 is 1. The smallest absolute Gasteiger partial charge is 0.254 e. The Bertz CT molecular complexity index is 1380. The Morgan fingerprint density at radius 3 is 2.62 bits per heavy atom. The SMILES string of the molecule is COc1cc(-c2cn(C(C)n3ccc(N4CCCCC4)cc3=O)cn2)c2cn[nH]c2c1.NCC1CCC1. The van der Waals surface area contributed by atoms with Gasteiger partial charge in [0, 0.05) is 54.3 Å². The number of hydrogen-bond donors (Lipinski definition) is 2. The number of aromatic amines is 1. The van der Waals surface area contributed by atoms with Crippen LogP contribution in [0.4, 0.5) is 5.69 Å². The van der Waals surface area contributed by atoms with Crippen molar-refractivity contribution in [1.82, 2.24) is 24.3 Å². The van der Waals surface area contributed by atoms with Crippen molar-refractivity contribution in [2.24, 2.45) is 11.7 Å². The summed E-state index contributed by atoms with van der Waals surface area (Å²) in [7, 11) is 1.64. The first-order chi connectivity index (χ1) is 18.1. The van der Waals surface area contributed by atoms with Crippen LogP contribution in [0.5, 0.6) is 5.75 Å². The lowest BCUT2D eigenvalue weighted by molar-refractivity contribution is 0.325. The van der Waals surface area contributed by atoms with Gasteiger partial charge in [-0.05, 0) is 63.6 Å². The summed E-state index contributed by atoms with van der Waals surface area (Å²) in [6.45, 7) is 4.95. The van der Waals surface area contributed by atoms with Crippen molar-refractivity contribution in [3.63, 3.8) is 0 Å². The Kier molecular flexibility index (Phi) is 7.60. The Balaban J connectivity index is 0.000000412. The minimum absolute atomic E-state index is 0.00979. The number of nitrogens with two attached hydrogens (primary N) is 1. The van der Waals surface area contributed by atoms with Crippen molar-refractivity contribution in [3.05, 3.63) is 59.5 Å². The number of benzene rings is 1. The number of anilines is 1. The van der Waals surface area contributed by atoms with Gasteiger partial charge in [0.1, 0.15) is 11.9 Å². The zero-order chi connectivity index (χ0) is 25.8. The standard InChI is InChI=1S/C23H26N6O2.C5H11N/c1-16(29-9-6-17(10-23(29)30)27-7-4-3-5-8-27)28-14-22(24-15-28)19-11-18(31-2)12-21-20(19)13-25-26-21;6-4-5-2-1-3-5/h6,9-16H,3-5,7-8H2,1-2H3,(H,25,26);5H,1-4,6H2. The topological polar surface area (TPSA) is 107 Å². The van der Waals surface area contributed by atoms with Crippen LogP contribution >= 0.6 is 0 Å². The molecule has 1 aliphatic heterocycles. The van der Waals surface area contributed by atoms with Crippen LogP contribution in [-0.4, -0.2) is 51.1 Å². The lowest BCUT2D eigenvalue weighted by Gasteiger charge is -2.29. The second-order valence-corrected chi connectivity index (χ2v) is 10.1. The number of imidazole rings is 1. The Labute approximate surface area is 217 Å². The number of pyridine rings is 1. The molecule has 0 bridgehead atoms. The minimum Gasteiger partial charge on any atom is -0.497 e. The van der Waals surface area contributed by atoms with E-state index in [0.717, 1.165) is 59.1 Å². The molecule has 3 aromatic heterocycles. The van der Waals surface area contributed by atoms with Gasteiger partial charge in [0.05, 0.1) is 30.8 Å². The number of piperidine rings is 1. The summed E-state index contributed by atoms with van der Waals surface area (Å²) in [5.41, 5.74) is 8.96. The quantitative estimate of drug-likeness (QED) is 0.404. The highest BCUT2D eigenvalue weighted by Gasteiger charge is 2.17. The zero-order valence-electron chi connectivity index (χ0n) is 21.8. The summed E-state index contributed by atoms with van der Waals surface area (Å²) in [6, 6.07) is 7.65. The van der Waals surface area contributed by atoms with Gasteiger partial charge in [-0.1, -0.05) is 6.42 Å². The van der Waals surface area contributed by atoms with Gasteiger partial charge < -0.3 is 19.9 Å². The molecule has 6 rings (SSSR count). The zero-order valence-corrected chi connectivity index (χ0v) is 21.8. The van der Waals surface area contributed by atoms with Crippen LogP contribution in [0.2, 0.25) is 0 Å². The molecule has 0 radical (unpaired) electrons. The molecule has 1 aliphatic carbocycles. The number of nitrogens with one attached hydrogen (secondary N) is 1. The normalized spacial score (nSPS) is 16.7. The second-order valence-electron chi connectivity index (χ2n) is 10.1. The molecule has 9 heteroatoms. The number of fused-ring (bicyclic) bond motifs is 1. The third-order valence-electron chi connectivity index (χ3n) is 7.69. The molecule has 1 aromatic carbocycles. The van der Waals surface area contributed by atoms with Gasteiger partial charge in [-0.2, -0.15) is 5.10 Å². The maximum absolute atomic E-state index is 12.9. The molecule has 1 unspecified atom stereocenters. The molecule has 2 aliphatic rings. The first-order valence-corrected chi connectivity index (χ1v) is 13.3. The molecular formula is C28H37N7O2. The maximum atomic E-state index is 12.9. The van der Waals surface area contributed by atoms with Crippen LogP contribution < -0.4 is 20.9 Å². The van der Waals surface area contributed by atoms with Gasteiger partial charge in [0.2, 0.25) is 0 Å². The predicted octanol–water partition coefficient (Wildman–Crippen LogP) is 4.40. The minimum atomic E-state index is -0.199. The lowest BCUT2D eigenvalue weighted by atomic mass is 9.86. The maximum Gasteiger partial charge on any atom is 0.254 e. The number of hydrogen-bond acceptors (Lipinski definition) is 6. The van der Waals surface area contributed by atoms with Gasteiger partial charge in [-0.3, -0.25) is 14.5 Å². The Morgan fingerprint density at radius 2 is 1.97 bits per heavy atom. The van der Waals surface area contributed by atoms with E-state index in [0.29, 0.717) is 0 Å². The fourth-order valence-corrected chi connectivity index (χ4v) is 5.04. The van der Waals surface area contributed by atoms with E-state index >= 15 is 0 Å². The van der Waals surface area contributed by atoms with E-state index in [2.05, 4.69) is 20.1 Å². The third-order valence-corrected chi connectivity index (χ3v) is 7.69. The molecule has 196 valence electrons. The van der Waals surface area contributed by atoms with Crippen molar-refractivity contribution >= 4 is 16.6 Å². The van der Waals surface area contributed by atoms with Gasteiger partial charge in [-0.25, -0.2) is 4.98 Å². The van der Waals surface area contributed by atoms with Gasteiger partial charge in [0.25, 0.3) is 5.56 Å². The van der Waals surface area contributed by atoms with Gasteiger partial charge >= 0.3 is 0 Å². The highest BCUT2D eigenvalue weighted by molar-refractivity contribution is 5.94. The molecule has 1 saturated carbocycles. The van der Waals surface area contributed by atoms with E-state index in [1.165, 1.54) is 38.5 Å². The summed E-state index contributed by atoms with van der Waals surface area (Å²) in [5, 5.41) is 8.11. The molecule has 9 nitrogen and oxygen atoms in total. The van der Waals surface area contributed by atoms with E-state index in [9.17, 15) is 4.79 Å². The molecular weight excluding hydrogens is 466 g/mol. The lowest BCUT2D eigenvalue weighted by Crippen LogP contribution is -2.32. The predicted molar refractivity (Wildman–Crippen MR) is 147 cm³/mol. The third kappa shape index (κ3) is 5.41. The first kappa shape index (κ1) is 25.1. The van der Waals surface area contributed by atoms with Crippen LogP contribution in [0.3, 0.4) is 0 Å². The molecule has 1 atom stereocenters. The van der Waals surface area contributed by atoms with E-state index < -0.39 is 0 Å². The average molecular weight is 504 g/mol. The van der Waals surface area contributed by atoms with Crippen molar-refractivity contribution < 1.29 is 4.74 Å². The number of nitrogens with zero attached hydrogens (tertiary/aromatic N) is 5. The van der Waals surface area contributed by atoms with Crippen LogP contribution in [-0.2, 0) is 0 Å². The van der Waals surface area contributed by atoms with E-state index in [-0.39, 0.29) is 11.7 Å². The van der Waals surface area contributed by atoms with Crippen LogP contribution in [0, 0.1) is 5.92 Å². The fourth-order valence-electron chi connectivity index (χ4n) is 5.04. The number of rotatable bonds is 6. The molecule has 4 heterocycles. The Hall–Kier alpha value is -3.59. The van der Waals surface area contributed by atoms with E-state index in [4.69, 9.17) is 10.5 Å². The molecule has 37 heavy (non-hydrogen) atoms. The van der Waals surface area contributed by atoms with Crippen molar-refractivity contribution in [2.45, 2.75) is 51.6 Å². The van der Waals surface area contributed by atoms with Gasteiger partial charge in [-0.15, -0.1) is 0 Å². The molecule has 3 N–H and O–H groups in total. The molecule has 0 amide bonds. The second kappa shape index (κ2) is 11.2. The number of aromatic nitrogens is 5. The highest BCUT2D eigenvalue weighted by atomic mass is 16.5. The summed E-state index contributed by atoms with van der Waals surface area (Å²) in [5.74, 6) is 1.63. The van der Waals surface area contributed by atoms with E-state index in [1.807, 2.05) is 42.1 Å². The van der Waals surface area contributed by atoms with Crippen molar-refractivity contribution in [3.8, 4) is 17.0 Å². The van der Waals surface area contributed by atoms with Crippen LogP contribution in [0.1, 0.15) is 51.6 Å². The monoisotopic (exact) mass is 503 g/mol. The average Bonchev–Trinajstić information content (AvgIpc) is 3.58. The first-order valence-electron chi connectivity index (χ1n) is 13.3. The summed E-state index contributed by atoms with van der Waals surface area (Å²) in [4.78, 5) is 19.8. The number of ether oxygens (including phenoxy) is 1. The van der Waals surface area contributed by atoms with Gasteiger partial charge in [0.15, 0.2) is 0 Å². The molecule has 0 spiro atoms. The summed E-state index contributed by atoms with van der Waals surface area (Å²) in [6.07, 6.45) is 15.0. The summed E-state index contributed by atoms with van der Waals surface area (Å²) >= 11 is 0. The van der Waals surface area contributed by atoms with Crippen molar-refractivity contribution in [1.29, 1.82) is 0 Å². The van der Waals surface area contributed by atoms with Crippen LogP contribution in [0.25, 0.3) is 22.2 Å². The number of H-pyrrole nitrogens is 1. The fraction of sp³-hybridized carbons (Fsp3) is 0.464. The molecule has 2 fully saturated rings. The van der Waals surface area contributed by atoms with E-state index in [1.54, 1.807) is 30.3 Å². The van der Waals surface area contributed by atoms with Crippen LogP contribution in [0.15, 0.2) is 54.0 Å². The largest absolute Gasteiger partial charge is 0.497 e. The summed E-state index contributed by atoms with van der Waals surface area (Å²) < 4.78 is 9.10. The van der Waals surface area contributed by atoms with Crippen molar-refractivity contribution in [2.75, 3.05) is 31.6 Å². The molecule has 4 aromatic rings. The molecule has 1 saturated heterocycles.